The van der Waals surface area contributed by atoms with Crippen LogP contribution >= 0.6 is 12.2 Å². The van der Waals surface area contributed by atoms with E-state index < -0.39 is 34.6 Å². The maximum Gasteiger partial charge on any atom is 0.421 e. The van der Waals surface area contributed by atoms with Crippen molar-refractivity contribution < 1.29 is 18.0 Å². The van der Waals surface area contributed by atoms with Crippen molar-refractivity contribution in [3.8, 4) is 6.07 Å². The predicted molar refractivity (Wildman–Crippen MR) is 142 cm³/mol. The Bertz CT molecular complexity index is 1260. The van der Waals surface area contributed by atoms with Crippen LogP contribution in [0.5, 0.6) is 0 Å². The van der Waals surface area contributed by atoms with Gasteiger partial charge < -0.3 is 14.7 Å². The Morgan fingerprint density at radius 2 is 1.79 bits per heavy atom. The molecular formula is C27H29F3N6OS. The van der Waals surface area contributed by atoms with Gasteiger partial charge in [-0.3, -0.25) is 9.69 Å². The van der Waals surface area contributed by atoms with Crippen LogP contribution in [0, 0.1) is 11.3 Å². The molecule has 2 saturated heterocycles. The molecule has 1 aromatic heterocycles. The van der Waals surface area contributed by atoms with E-state index in [0.717, 1.165) is 74.7 Å². The van der Waals surface area contributed by atoms with Gasteiger partial charge in [-0.1, -0.05) is 12.1 Å². The zero-order chi connectivity index (χ0) is 27.1. The number of nitriles is 1. The Morgan fingerprint density at radius 1 is 1.11 bits per heavy atom. The number of pyridine rings is 1. The van der Waals surface area contributed by atoms with E-state index in [1.807, 2.05) is 24.3 Å². The lowest BCUT2D eigenvalue weighted by Crippen LogP contribution is -2.55. The minimum Gasteiger partial charge on any atom is -0.304 e. The van der Waals surface area contributed by atoms with E-state index in [-0.39, 0.29) is 5.11 Å². The monoisotopic (exact) mass is 542 g/mol. The van der Waals surface area contributed by atoms with Gasteiger partial charge in [-0.05, 0) is 81.7 Å². The number of carbonyl (C=O) groups excluding carboxylic acids is 1. The SMILES string of the molecule is CN1CCN(CCCc2ccc(N3C(=S)N(c4ccnc(C#N)c4C(F)(F)F)C(=O)C34CCC4)cc2)CC1. The number of amides is 1. The minimum atomic E-state index is -4.88. The largest absolute Gasteiger partial charge is 0.421 e. The topological polar surface area (TPSA) is 66.7 Å². The van der Waals surface area contributed by atoms with Gasteiger partial charge in [-0.15, -0.1) is 0 Å². The summed E-state index contributed by atoms with van der Waals surface area (Å²) in [6.07, 6.45) is -0.0712. The van der Waals surface area contributed by atoms with Crippen molar-refractivity contribution in [2.45, 2.75) is 43.8 Å². The molecule has 5 rings (SSSR count). The van der Waals surface area contributed by atoms with Crippen LogP contribution in [-0.2, 0) is 17.4 Å². The number of likely N-dealkylation sites (N-methyl/N-ethyl adjacent to an activating group) is 1. The first-order valence-corrected chi connectivity index (χ1v) is 13.2. The summed E-state index contributed by atoms with van der Waals surface area (Å²) < 4.78 is 42.0. The van der Waals surface area contributed by atoms with Crippen molar-refractivity contribution >= 4 is 34.6 Å². The molecule has 38 heavy (non-hydrogen) atoms. The molecule has 7 nitrogen and oxygen atoms in total. The molecule has 3 fully saturated rings. The summed E-state index contributed by atoms with van der Waals surface area (Å²) in [5.74, 6) is -0.495. The van der Waals surface area contributed by atoms with Gasteiger partial charge in [0.1, 0.15) is 17.2 Å². The fourth-order valence-electron chi connectivity index (χ4n) is 5.58. The predicted octanol–water partition coefficient (Wildman–Crippen LogP) is 4.21. The maximum absolute atomic E-state index is 14.0. The molecule has 11 heteroatoms. The Morgan fingerprint density at radius 3 is 2.37 bits per heavy atom. The normalized spacial score (nSPS) is 20.2. The number of alkyl halides is 3. The highest BCUT2D eigenvalue weighted by Crippen LogP contribution is 2.49. The number of hydrogen-bond acceptors (Lipinski definition) is 6. The van der Waals surface area contributed by atoms with E-state index in [4.69, 9.17) is 12.2 Å². The molecule has 0 radical (unpaired) electrons. The minimum absolute atomic E-state index is 0.0156. The van der Waals surface area contributed by atoms with Crippen LogP contribution in [0.4, 0.5) is 24.5 Å². The second-order valence-corrected chi connectivity index (χ2v) is 10.6. The molecule has 1 saturated carbocycles. The standard InChI is InChI=1S/C27H29F3N6OS/c1-33-14-16-34(17-15-33)13-2-4-19-5-7-20(8-6-19)36-25(38)35(24(37)26(36)10-3-11-26)22-9-12-32-21(18-31)23(22)27(28,29)30/h5-9,12H,2-4,10-11,13-17H2,1H3. The number of nitrogens with zero attached hydrogens (tertiary/aromatic N) is 6. The Hall–Kier alpha value is -3.07. The van der Waals surface area contributed by atoms with Crippen molar-refractivity contribution in [2.24, 2.45) is 0 Å². The molecule has 3 heterocycles. The van der Waals surface area contributed by atoms with E-state index in [1.165, 1.54) is 6.07 Å². The van der Waals surface area contributed by atoms with Gasteiger partial charge in [0.15, 0.2) is 10.8 Å². The van der Waals surface area contributed by atoms with Crippen molar-refractivity contribution in [1.82, 2.24) is 14.8 Å². The molecule has 200 valence electrons. The molecule has 0 unspecified atom stereocenters. The Labute approximate surface area is 225 Å². The zero-order valence-corrected chi connectivity index (χ0v) is 22.0. The smallest absolute Gasteiger partial charge is 0.304 e. The van der Waals surface area contributed by atoms with E-state index in [9.17, 15) is 23.2 Å². The Balaban J connectivity index is 1.37. The number of thiocarbonyl (C=S) groups is 1. The average Bonchev–Trinajstić information content (AvgIpc) is 3.11. The van der Waals surface area contributed by atoms with Crippen LogP contribution in [0.3, 0.4) is 0 Å². The molecule has 2 aromatic rings. The van der Waals surface area contributed by atoms with E-state index in [0.29, 0.717) is 18.5 Å². The maximum atomic E-state index is 14.0. The number of piperazine rings is 1. The average molecular weight is 543 g/mol. The number of aryl methyl sites for hydroxylation is 1. The summed E-state index contributed by atoms with van der Waals surface area (Å²) in [5, 5.41) is 9.26. The lowest BCUT2D eigenvalue weighted by Gasteiger charge is -2.43. The molecule has 0 N–H and O–H groups in total. The number of benzene rings is 1. The van der Waals surface area contributed by atoms with Crippen LogP contribution in [0.15, 0.2) is 36.5 Å². The van der Waals surface area contributed by atoms with Gasteiger partial charge in [0, 0.05) is 38.1 Å². The third kappa shape index (κ3) is 4.65. The summed E-state index contributed by atoms with van der Waals surface area (Å²) in [4.78, 5) is 24.7. The number of rotatable bonds is 6. The first-order valence-electron chi connectivity index (χ1n) is 12.8. The fourth-order valence-corrected chi connectivity index (χ4v) is 6.05. The second kappa shape index (κ2) is 10.2. The molecular weight excluding hydrogens is 513 g/mol. The lowest BCUT2D eigenvalue weighted by molar-refractivity contribution is -0.137. The summed E-state index contributed by atoms with van der Waals surface area (Å²) >= 11 is 5.65. The number of halogens is 3. The van der Waals surface area contributed by atoms with Crippen LogP contribution in [0.25, 0.3) is 0 Å². The van der Waals surface area contributed by atoms with Crippen LogP contribution in [0.1, 0.15) is 42.5 Å². The zero-order valence-electron chi connectivity index (χ0n) is 21.2. The lowest BCUT2D eigenvalue weighted by atomic mass is 9.75. The number of carbonyl (C=O) groups is 1. The molecule has 2 aliphatic heterocycles. The molecule has 1 aromatic carbocycles. The van der Waals surface area contributed by atoms with Crippen molar-refractivity contribution in [1.29, 1.82) is 5.26 Å². The molecule has 1 spiro atoms. The molecule has 1 amide bonds. The highest BCUT2D eigenvalue weighted by molar-refractivity contribution is 7.81. The number of aromatic nitrogens is 1. The summed E-state index contributed by atoms with van der Waals surface area (Å²) in [5.41, 5.74) is -1.66. The second-order valence-electron chi connectivity index (χ2n) is 10.2. The first kappa shape index (κ1) is 26.5. The summed E-state index contributed by atoms with van der Waals surface area (Å²) in [6.45, 7) is 5.37. The van der Waals surface area contributed by atoms with Gasteiger partial charge in [0.2, 0.25) is 0 Å². The number of hydrogen-bond donors (Lipinski definition) is 0. The van der Waals surface area contributed by atoms with Crippen molar-refractivity contribution in [2.75, 3.05) is 49.6 Å². The van der Waals surface area contributed by atoms with E-state index in [2.05, 4.69) is 21.8 Å². The van der Waals surface area contributed by atoms with E-state index in [1.54, 1.807) is 4.90 Å². The Kier molecular flexibility index (Phi) is 7.15. The quantitative estimate of drug-likeness (QED) is 0.507. The third-order valence-corrected chi connectivity index (χ3v) is 8.25. The third-order valence-electron chi connectivity index (χ3n) is 7.88. The molecule has 0 atom stereocenters. The molecule has 3 aliphatic rings. The van der Waals surface area contributed by atoms with Crippen molar-refractivity contribution in [3.63, 3.8) is 0 Å². The molecule has 1 aliphatic carbocycles. The fraction of sp³-hybridized carbons (Fsp3) is 0.481. The van der Waals surface area contributed by atoms with Crippen LogP contribution in [0.2, 0.25) is 0 Å². The van der Waals surface area contributed by atoms with Crippen molar-refractivity contribution in [3.05, 3.63) is 53.3 Å². The van der Waals surface area contributed by atoms with Crippen LogP contribution < -0.4 is 9.80 Å². The summed E-state index contributed by atoms with van der Waals surface area (Å²) in [6, 6.07) is 10.4. The van der Waals surface area contributed by atoms with Gasteiger partial charge in [-0.2, -0.15) is 18.4 Å². The van der Waals surface area contributed by atoms with Gasteiger partial charge in [0.05, 0.1) is 5.69 Å². The van der Waals surface area contributed by atoms with E-state index >= 15 is 0 Å². The van der Waals surface area contributed by atoms with Crippen LogP contribution in [-0.4, -0.2) is 71.1 Å². The highest BCUT2D eigenvalue weighted by atomic mass is 32.1. The van der Waals surface area contributed by atoms with Gasteiger partial charge >= 0.3 is 6.18 Å². The number of anilines is 2. The first-order chi connectivity index (χ1) is 18.2. The summed E-state index contributed by atoms with van der Waals surface area (Å²) in [7, 11) is 2.14. The molecule has 0 bridgehead atoms. The van der Waals surface area contributed by atoms with Gasteiger partial charge in [0.25, 0.3) is 5.91 Å². The van der Waals surface area contributed by atoms with Gasteiger partial charge in [-0.25, -0.2) is 4.98 Å². The highest BCUT2D eigenvalue weighted by Gasteiger charge is 2.60.